The van der Waals surface area contributed by atoms with E-state index < -0.39 is 11.9 Å². The lowest BCUT2D eigenvalue weighted by Gasteiger charge is -2.24. The van der Waals surface area contributed by atoms with Gasteiger partial charge in [-0.25, -0.2) is 0 Å². The van der Waals surface area contributed by atoms with Gasteiger partial charge in [-0.1, -0.05) is 36.8 Å². The normalized spacial score (nSPS) is 12.6. The van der Waals surface area contributed by atoms with Gasteiger partial charge < -0.3 is 10.2 Å². The van der Waals surface area contributed by atoms with E-state index in [1.54, 1.807) is 6.92 Å². The maximum absolute atomic E-state index is 10.9. The summed E-state index contributed by atoms with van der Waals surface area (Å²) in [7, 11) is 0. The quantitative estimate of drug-likeness (QED) is 0.753. The van der Waals surface area contributed by atoms with Crippen LogP contribution in [0.5, 0.6) is 0 Å². The number of aliphatic carboxylic acids is 1. The second-order valence-electron chi connectivity index (χ2n) is 5.04. The number of carbonyl (C=O) groups is 1. The Hall–Kier alpha value is -1.39. The molecule has 0 aromatic heterocycles. The Bertz CT molecular complexity index is 389. The van der Waals surface area contributed by atoms with Crippen LogP contribution < -0.4 is 0 Å². The molecule has 0 bridgehead atoms. The highest BCUT2D eigenvalue weighted by Gasteiger charge is 2.16. The van der Waals surface area contributed by atoms with Crippen molar-refractivity contribution in [2.45, 2.75) is 26.8 Å². The van der Waals surface area contributed by atoms with Crippen molar-refractivity contribution in [3.05, 3.63) is 35.4 Å². The Morgan fingerprint density at radius 1 is 1.32 bits per heavy atom. The molecule has 0 aliphatic rings. The molecule has 4 nitrogen and oxygen atoms in total. The molecule has 1 unspecified atom stereocenters. The van der Waals surface area contributed by atoms with Gasteiger partial charge in [0.2, 0.25) is 0 Å². The minimum absolute atomic E-state index is 0.131. The van der Waals surface area contributed by atoms with Gasteiger partial charge in [-0.05, 0) is 18.9 Å². The number of hydrogen-bond donors (Lipinski definition) is 2. The van der Waals surface area contributed by atoms with Crippen LogP contribution in [0.1, 0.15) is 24.5 Å². The van der Waals surface area contributed by atoms with Gasteiger partial charge >= 0.3 is 5.97 Å². The molecule has 0 saturated heterocycles. The molecule has 0 heterocycles. The van der Waals surface area contributed by atoms with Gasteiger partial charge in [0, 0.05) is 26.2 Å². The molecule has 0 saturated carbocycles. The first-order chi connectivity index (χ1) is 9.02. The summed E-state index contributed by atoms with van der Waals surface area (Å²) in [6, 6.07) is 8.24. The number of rotatable bonds is 8. The van der Waals surface area contributed by atoms with Crippen molar-refractivity contribution in [1.29, 1.82) is 0 Å². The average Bonchev–Trinajstić information content (AvgIpc) is 2.38. The van der Waals surface area contributed by atoms with Gasteiger partial charge in [0.25, 0.3) is 0 Å². The number of nitrogens with zero attached hydrogens (tertiary/aromatic N) is 1. The van der Waals surface area contributed by atoms with E-state index in [0.717, 1.165) is 6.54 Å². The van der Waals surface area contributed by atoms with Crippen LogP contribution in [0.3, 0.4) is 0 Å². The molecule has 1 aromatic carbocycles. The second-order valence-corrected chi connectivity index (χ2v) is 5.04. The lowest BCUT2D eigenvalue weighted by molar-refractivity contribution is -0.141. The first-order valence-corrected chi connectivity index (χ1v) is 6.64. The minimum Gasteiger partial charge on any atom is -0.481 e. The molecular formula is C15H23NO3. The fourth-order valence-corrected chi connectivity index (χ4v) is 1.95. The van der Waals surface area contributed by atoms with Gasteiger partial charge in [0.15, 0.2) is 0 Å². The number of carboxylic acids is 1. The van der Waals surface area contributed by atoms with E-state index in [1.165, 1.54) is 11.1 Å². The first kappa shape index (κ1) is 15.7. The summed E-state index contributed by atoms with van der Waals surface area (Å²) in [4.78, 5) is 13.0. The molecule has 0 fully saturated rings. The van der Waals surface area contributed by atoms with Crippen LogP contribution in [-0.4, -0.2) is 40.8 Å². The number of carboxylic acid groups (broad SMARTS) is 1. The Morgan fingerprint density at radius 2 is 1.95 bits per heavy atom. The molecule has 0 radical (unpaired) electrons. The number of aryl methyl sites for hydroxylation is 1. The fourth-order valence-electron chi connectivity index (χ4n) is 1.95. The third-order valence-corrected chi connectivity index (χ3v) is 3.11. The van der Waals surface area contributed by atoms with E-state index in [-0.39, 0.29) is 6.61 Å². The molecule has 0 aliphatic heterocycles. The Labute approximate surface area is 114 Å². The minimum atomic E-state index is -0.780. The van der Waals surface area contributed by atoms with Crippen molar-refractivity contribution in [3.63, 3.8) is 0 Å². The lowest BCUT2D eigenvalue weighted by atomic mass is 10.1. The maximum Gasteiger partial charge on any atom is 0.307 e. The zero-order valence-corrected chi connectivity index (χ0v) is 11.7. The largest absolute Gasteiger partial charge is 0.481 e. The summed E-state index contributed by atoms with van der Waals surface area (Å²) in [6.07, 6.45) is 0.665. The summed E-state index contributed by atoms with van der Waals surface area (Å²) < 4.78 is 0. The zero-order chi connectivity index (χ0) is 14.3. The topological polar surface area (TPSA) is 60.8 Å². The summed E-state index contributed by atoms with van der Waals surface area (Å²) in [5, 5.41) is 17.9. The first-order valence-electron chi connectivity index (χ1n) is 6.64. The van der Waals surface area contributed by atoms with E-state index >= 15 is 0 Å². The van der Waals surface area contributed by atoms with Gasteiger partial charge in [-0.3, -0.25) is 9.69 Å². The van der Waals surface area contributed by atoms with E-state index in [2.05, 4.69) is 29.2 Å². The number of aliphatic hydroxyl groups is 1. The molecule has 2 N–H and O–H groups in total. The van der Waals surface area contributed by atoms with Crippen molar-refractivity contribution in [2.75, 3.05) is 19.7 Å². The van der Waals surface area contributed by atoms with E-state index in [4.69, 9.17) is 10.2 Å². The predicted molar refractivity (Wildman–Crippen MR) is 75.0 cm³/mol. The van der Waals surface area contributed by atoms with E-state index in [9.17, 15) is 4.79 Å². The van der Waals surface area contributed by atoms with E-state index in [0.29, 0.717) is 19.5 Å². The monoisotopic (exact) mass is 265 g/mol. The van der Waals surface area contributed by atoms with Crippen molar-refractivity contribution in [2.24, 2.45) is 5.92 Å². The van der Waals surface area contributed by atoms with Crippen LogP contribution in [-0.2, 0) is 11.3 Å². The number of hydrogen-bond acceptors (Lipinski definition) is 3. The van der Waals surface area contributed by atoms with E-state index in [1.807, 2.05) is 6.92 Å². The summed E-state index contributed by atoms with van der Waals surface area (Å²) in [5.74, 6) is -1.18. The summed E-state index contributed by atoms with van der Waals surface area (Å²) in [6.45, 7) is 5.82. The van der Waals surface area contributed by atoms with Crippen LogP contribution in [0.4, 0.5) is 0 Å². The van der Waals surface area contributed by atoms with Gasteiger partial charge in [0.05, 0.1) is 5.92 Å². The number of aliphatic hydroxyl groups excluding tert-OH is 1. The summed E-state index contributed by atoms with van der Waals surface area (Å²) in [5.41, 5.74) is 2.38. The number of benzene rings is 1. The van der Waals surface area contributed by atoms with Crippen LogP contribution in [0.2, 0.25) is 0 Å². The Kier molecular flexibility index (Phi) is 6.53. The van der Waals surface area contributed by atoms with Crippen LogP contribution in [0, 0.1) is 12.8 Å². The van der Waals surface area contributed by atoms with Crippen LogP contribution in [0.15, 0.2) is 24.3 Å². The standard InChI is InChI=1S/C15H23NO3/c1-12-4-6-14(7-5-12)11-16(8-3-9-17)10-13(2)15(18)19/h4-7,13,17H,3,8-11H2,1-2H3,(H,18,19). The molecule has 0 aliphatic carbocycles. The summed E-state index contributed by atoms with van der Waals surface area (Å²) >= 11 is 0. The zero-order valence-electron chi connectivity index (χ0n) is 11.7. The second kappa shape index (κ2) is 7.92. The van der Waals surface area contributed by atoms with Crippen LogP contribution in [0.25, 0.3) is 0 Å². The van der Waals surface area contributed by atoms with Crippen molar-refractivity contribution < 1.29 is 15.0 Å². The Balaban J connectivity index is 2.62. The third kappa shape index (κ3) is 5.85. The SMILES string of the molecule is Cc1ccc(CN(CCCO)CC(C)C(=O)O)cc1. The molecular weight excluding hydrogens is 242 g/mol. The maximum atomic E-state index is 10.9. The smallest absolute Gasteiger partial charge is 0.307 e. The molecule has 0 spiro atoms. The highest BCUT2D eigenvalue weighted by molar-refractivity contribution is 5.69. The van der Waals surface area contributed by atoms with Crippen LogP contribution >= 0.6 is 0 Å². The molecule has 1 atom stereocenters. The average molecular weight is 265 g/mol. The van der Waals surface area contributed by atoms with Crippen molar-refractivity contribution >= 4 is 5.97 Å². The van der Waals surface area contributed by atoms with Gasteiger partial charge in [-0.15, -0.1) is 0 Å². The molecule has 1 rings (SSSR count). The molecule has 1 aromatic rings. The molecule has 19 heavy (non-hydrogen) atoms. The molecule has 0 amide bonds. The highest BCUT2D eigenvalue weighted by Crippen LogP contribution is 2.10. The molecule has 4 heteroatoms. The lowest BCUT2D eigenvalue weighted by Crippen LogP contribution is -2.32. The third-order valence-electron chi connectivity index (χ3n) is 3.11. The van der Waals surface area contributed by atoms with Crippen molar-refractivity contribution in [1.82, 2.24) is 4.90 Å². The van der Waals surface area contributed by atoms with Crippen molar-refractivity contribution in [3.8, 4) is 0 Å². The molecule has 106 valence electrons. The fraction of sp³-hybridized carbons (Fsp3) is 0.533. The predicted octanol–water partition coefficient (Wildman–Crippen LogP) is 1.90. The highest BCUT2D eigenvalue weighted by atomic mass is 16.4. The van der Waals surface area contributed by atoms with Gasteiger partial charge in [0.1, 0.15) is 0 Å². The Morgan fingerprint density at radius 3 is 2.47 bits per heavy atom. The van der Waals surface area contributed by atoms with Gasteiger partial charge in [-0.2, -0.15) is 0 Å².